The Labute approximate surface area is 110 Å². The van der Waals surface area contributed by atoms with Gasteiger partial charge in [-0.1, -0.05) is 51.2 Å². The highest BCUT2D eigenvalue weighted by Gasteiger charge is 2.12. The van der Waals surface area contributed by atoms with Crippen LogP contribution in [0.3, 0.4) is 0 Å². The highest BCUT2D eigenvalue weighted by molar-refractivity contribution is 5.99. The molecule has 2 heteroatoms. The lowest BCUT2D eigenvalue weighted by molar-refractivity contribution is 0.0976. The summed E-state index contributed by atoms with van der Waals surface area (Å²) in [6.45, 7) is 4.07. The number of hydrogen-bond donors (Lipinski definition) is 1. The molecule has 18 heavy (non-hydrogen) atoms. The lowest BCUT2D eigenvalue weighted by Gasteiger charge is -2.07. The van der Waals surface area contributed by atoms with Crippen molar-refractivity contribution in [2.45, 2.75) is 58.8 Å². The molecule has 0 bridgehead atoms. The van der Waals surface area contributed by atoms with Crippen LogP contribution in [0.1, 0.15) is 67.8 Å². The lowest BCUT2D eigenvalue weighted by Crippen LogP contribution is -2.02. The molecular weight excluding hydrogens is 224 g/mol. The molecular formula is C16H24O2. The first-order chi connectivity index (χ1) is 8.66. The molecule has 0 radical (unpaired) electrons. The number of hydrogen-bond acceptors (Lipinski definition) is 2. The summed E-state index contributed by atoms with van der Waals surface area (Å²) in [7, 11) is 0. The van der Waals surface area contributed by atoms with Gasteiger partial charge in [0.1, 0.15) is 5.75 Å². The van der Waals surface area contributed by atoms with Crippen LogP contribution in [0.25, 0.3) is 0 Å². The third kappa shape index (κ3) is 4.52. The second kappa shape index (κ2) is 7.91. The number of aryl methyl sites for hydroxylation is 1. The maximum atomic E-state index is 12.0. The van der Waals surface area contributed by atoms with E-state index in [1.807, 2.05) is 13.0 Å². The number of Topliss-reactive ketones (excluding diaryl/α,β-unsaturated/α-hetero) is 1. The summed E-state index contributed by atoms with van der Waals surface area (Å²) in [5.41, 5.74) is 1.37. The van der Waals surface area contributed by atoms with Crippen LogP contribution in [0, 0.1) is 6.92 Å². The fourth-order valence-electron chi connectivity index (χ4n) is 2.21. The van der Waals surface area contributed by atoms with E-state index < -0.39 is 0 Å². The number of phenolic OH excluding ortho intramolecular Hbond substituents is 1. The number of carbonyl (C=O) groups excluding carboxylic acids is 1. The van der Waals surface area contributed by atoms with Gasteiger partial charge in [-0.05, 0) is 25.0 Å². The van der Waals surface area contributed by atoms with E-state index in [9.17, 15) is 9.90 Å². The van der Waals surface area contributed by atoms with Gasteiger partial charge in [-0.25, -0.2) is 0 Å². The fourth-order valence-corrected chi connectivity index (χ4v) is 2.21. The number of rotatable bonds is 8. The van der Waals surface area contributed by atoms with Gasteiger partial charge in [0, 0.05) is 6.42 Å². The third-order valence-electron chi connectivity index (χ3n) is 3.29. The molecule has 0 aromatic heterocycles. The first-order valence-electron chi connectivity index (χ1n) is 6.98. The van der Waals surface area contributed by atoms with Gasteiger partial charge in [0.25, 0.3) is 0 Å². The zero-order valence-corrected chi connectivity index (χ0v) is 11.5. The van der Waals surface area contributed by atoms with Gasteiger partial charge in [-0.2, -0.15) is 0 Å². The fraction of sp³-hybridized carbons (Fsp3) is 0.562. The molecule has 0 saturated heterocycles. The summed E-state index contributed by atoms with van der Waals surface area (Å²) in [5, 5.41) is 9.71. The molecule has 0 fully saturated rings. The van der Waals surface area contributed by atoms with Crippen LogP contribution in [0.5, 0.6) is 5.75 Å². The maximum absolute atomic E-state index is 12.0. The Kier molecular flexibility index (Phi) is 6.48. The normalized spacial score (nSPS) is 10.6. The molecule has 0 saturated carbocycles. The van der Waals surface area contributed by atoms with Crippen molar-refractivity contribution in [3.05, 3.63) is 29.3 Å². The summed E-state index contributed by atoms with van der Waals surface area (Å²) in [4.78, 5) is 12.0. The molecule has 1 N–H and O–H groups in total. The average Bonchev–Trinajstić information content (AvgIpc) is 2.33. The predicted octanol–water partition coefficient (Wildman–Crippen LogP) is 4.63. The summed E-state index contributed by atoms with van der Waals surface area (Å²) in [6.07, 6.45) is 7.59. The Bertz CT molecular complexity index is 362. The standard InChI is InChI=1S/C16H24O2/c1-3-4-5-6-7-8-11-14(17)16-13(2)10-9-12-15(16)18/h9-10,12,18H,3-8,11H2,1-2H3. The molecule has 1 aromatic carbocycles. The van der Waals surface area contributed by atoms with E-state index in [1.165, 1.54) is 25.7 Å². The smallest absolute Gasteiger partial charge is 0.166 e. The van der Waals surface area contributed by atoms with Gasteiger partial charge in [-0.15, -0.1) is 0 Å². The second-order valence-electron chi connectivity index (χ2n) is 4.91. The summed E-state index contributed by atoms with van der Waals surface area (Å²) in [6, 6.07) is 5.22. The molecule has 0 spiro atoms. The zero-order chi connectivity index (χ0) is 13.4. The molecule has 0 aliphatic rings. The van der Waals surface area contributed by atoms with Crippen molar-refractivity contribution in [1.82, 2.24) is 0 Å². The van der Waals surface area contributed by atoms with Gasteiger partial charge < -0.3 is 5.11 Å². The monoisotopic (exact) mass is 248 g/mol. The molecule has 1 rings (SSSR count). The van der Waals surface area contributed by atoms with Crippen molar-refractivity contribution < 1.29 is 9.90 Å². The van der Waals surface area contributed by atoms with Crippen LogP contribution < -0.4 is 0 Å². The van der Waals surface area contributed by atoms with E-state index in [4.69, 9.17) is 0 Å². The zero-order valence-electron chi connectivity index (χ0n) is 11.5. The topological polar surface area (TPSA) is 37.3 Å². The molecule has 0 aliphatic carbocycles. The van der Waals surface area contributed by atoms with Gasteiger partial charge in [-0.3, -0.25) is 4.79 Å². The molecule has 0 unspecified atom stereocenters. The molecule has 0 atom stereocenters. The average molecular weight is 248 g/mol. The highest BCUT2D eigenvalue weighted by atomic mass is 16.3. The Balaban J connectivity index is 2.37. The van der Waals surface area contributed by atoms with Crippen LogP contribution in [-0.4, -0.2) is 10.9 Å². The van der Waals surface area contributed by atoms with E-state index in [2.05, 4.69) is 6.92 Å². The van der Waals surface area contributed by atoms with Crippen LogP contribution in [0.4, 0.5) is 0 Å². The minimum absolute atomic E-state index is 0.0705. The Morgan fingerprint density at radius 2 is 1.78 bits per heavy atom. The summed E-state index contributed by atoms with van der Waals surface area (Å²) < 4.78 is 0. The number of unbranched alkanes of at least 4 members (excludes halogenated alkanes) is 5. The molecule has 0 aliphatic heterocycles. The van der Waals surface area contributed by atoms with E-state index in [-0.39, 0.29) is 11.5 Å². The Hall–Kier alpha value is -1.31. The van der Waals surface area contributed by atoms with Crippen molar-refractivity contribution in [1.29, 1.82) is 0 Å². The van der Waals surface area contributed by atoms with Crippen LogP contribution in [-0.2, 0) is 0 Å². The van der Waals surface area contributed by atoms with Gasteiger partial charge in [0.15, 0.2) is 5.78 Å². The van der Waals surface area contributed by atoms with Crippen LogP contribution in [0.2, 0.25) is 0 Å². The largest absolute Gasteiger partial charge is 0.507 e. The number of carbonyl (C=O) groups is 1. The quantitative estimate of drug-likeness (QED) is 0.538. The first-order valence-corrected chi connectivity index (χ1v) is 6.98. The molecule has 100 valence electrons. The Morgan fingerprint density at radius 3 is 2.44 bits per heavy atom. The minimum atomic E-state index is 0.0705. The summed E-state index contributed by atoms with van der Waals surface area (Å²) in [5.74, 6) is 0.187. The second-order valence-corrected chi connectivity index (χ2v) is 4.91. The van der Waals surface area contributed by atoms with E-state index in [1.54, 1.807) is 12.1 Å². The third-order valence-corrected chi connectivity index (χ3v) is 3.29. The van der Waals surface area contributed by atoms with Crippen LogP contribution >= 0.6 is 0 Å². The van der Waals surface area contributed by atoms with E-state index >= 15 is 0 Å². The molecule has 2 nitrogen and oxygen atoms in total. The Morgan fingerprint density at radius 1 is 1.11 bits per heavy atom. The number of phenols is 1. The predicted molar refractivity (Wildman–Crippen MR) is 75.2 cm³/mol. The molecule has 0 heterocycles. The van der Waals surface area contributed by atoms with Gasteiger partial charge >= 0.3 is 0 Å². The van der Waals surface area contributed by atoms with Crippen molar-refractivity contribution in [2.75, 3.05) is 0 Å². The van der Waals surface area contributed by atoms with Gasteiger partial charge in [0.2, 0.25) is 0 Å². The lowest BCUT2D eigenvalue weighted by atomic mass is 9.99. The van der Waals surface area contributed by atoms with Crippen molar-refractivity contribution in [2.24, 2.45) is 0 Å². The SMILES string of the molecule is CCCCCCCCC(=O)c1c(C)cccc1O. The number of benzene rings is 1. The van der Waals surface area contributed by atoms with Crippen molar-refractivity contribution in [3.8, 4) is 5.75 Å². The summed E-state index contributed by atoms with van der Waals surface area (Å²) >= 11 is 0. The minimum Gasteiger partial charge on any atom is -0.507 e. The first kappa shape index (κ1) is 14.7. The molecule has 1 aromatic rings. The highest BCUT2D eigenvalue weighted by Crippen LogP contribution is 2.23. The maximum Gasteiger partial charge on any atom is 0.166 e. The van der Waals surface area contributed by atoms with E-state index in [0.717, 1.165) is 18.4 Å². The van der Waals surface area contributed by atoms with E-state index in [0.29, 0.717) is 12.0 Å². The van der Waals surface area contributed by atoms with Crippen molar-refractivity contribution in [3.63, 3.8) is 0 Å². The molecule has 0 amide bonds. The van der Waals surface area contributed by atoms with Gasteiger partial charge in [0.05, 0.1) is 5.56 Å². The van der Waals surface area contributed by atoms with Crippen LogP contribution in [0.15, 0.2) is 18.2 Å². The number of aromatic hydroxyl groups is 1. The number of ketones is 1. The van der Waals surface area contributed by atoms with Crippen molar-refractivity contribution >= 4 is 5.78 Å².